The number of β-amino-alcohol motifs (C(OH)–C–C–N with tert-alkyl or cyclic N) is 1. The summed E-state index contributed by atoms with van der Waals surface area (Å²) in [4.78, 5) is 7.05. The number of morpholine rings is 1. The number of aliphatic hydroxyl groups is 1. The largest absolute Gasteiger partial charge is 0.390 e. The number of hydrogen-bond acceptors (Lipinski definition) is 6. The third-order valence-electron chi connectivity index (χ3n) is 4.31. The van der Waals surface area contributed by atoms with Crippen LogP contribution in [0.3, 0.4) is 0 Å². The molecule has 2 rings (SSSR count). The average molecular weight is 286 g/mol. The van der Waals surface area contributed by atoms with E-state index in [4.69, 9.17) is 4.74 Å². The minimum Gasteiger partial charge on any atom is -0.390 e. The predicted molar refractivity (Wildman–Crippen MR) is 80.1 cm³/mol. The zero-order valence-electron chi connectivity index (χ0n) is 12.9. The lowest BCUT2D eigenvalue weighted by Gasteiger charge is -2.38. The van der Waals surface area contributed by atoms with Gasteiger partial charge in [-0.15, -0.1) is 0 Å². The predicted octanol–water partition coefficient (Wildman–Crippen LogP) is -1.49. The molecule has 2 fully saturated rings. The Kier molecular flexibility index (Phi) is 6.67. The average Bonchev–Trinajstić information content (AvgIpc) is 2.44. The second-order valence-electron chi connectivity index (χ2n) is 6.12. The van der Waals surface area contributed by atoms with Crippen LogP contribution in [0.4, 0.5) is 0 Å². The van der Waals surface area contributed by atoms with Crippen LogP contribution in [0.15, 0.2) is 0 Å². The summed E-state index contributed by atoms with van der Waals surface area (Å²) < 4.78 is 5.31. The highest BCUT2D eigenvalue weighted by Gasteiger charge is 2.22. The van der Waals surface area contributed by atoms with Gasteiger partial charge in [0.25, 0.3) is 0 Å². The molecule has 0 bridgehead atoms. The molecule has 2 unspecified atom stereocenters. The third-order valence-corrected chi connectivity index (χ3v) is 4.31. The molecule has 2 aliphatic heterocycles. The summed E-state index contributed by atoms with van der Waals surface area (Å²) in [5.74, 6) is 0. The fourth-order valence-electron chi connectivity index (χ4n) is 2.88. The maximum absolute atomic E-state index is 10.1. The number of likely N-dealkylation sites (N-methyl/N-ethyl adjacent to an activating group) is 2. The lowest BCUT2D eigenvalue weighted by atomic mass is 10.2. The molecule has 0 amide bonds. The van der Waals surface area contributed by atoms with Crippen LogP contribution in [0, 0.1) is 0 Å². The molecule has 2 heterocycles. The molecule has 6 heteroatoms. The summed E-state index contributed by atoms with van der Waals surface area (Å²) in [6.07, 6.45) is -0.292. The summed E-state index contributed by atoms with van der Waals surface area (Å²) in [7, 11) is 4.36. The Morgan fingerprint density at radius 1 is 1.20 bits per heavy atom. The van der Waals surface area contributed by atoms with E-state index in [2.05, 4.69) is 34.1 Å². The topological polar surface area (TPSA) is 51.2 Å². The second-order valence-corrected chi connectivity index (χ2v) is 6.12. The van der Waals surface area contributed by atoms with Crippen molar-refractivity contribution in [1.82, 2.24) is 20.0 Å². The molecule has 0 aliphatic carbocycles. The smallest absolute Gasteiger partial charge is 0.0791 e. The minimum absolute atomic E-state index is 0.292. The lowest BCUT2D eigenvalue weighted by Crippen LogP contribution is -2.54. The Bertz CT molecular complexity index is 274. The van der Waals surface area contributed by atoms with Crippen LogP contribution < -0.4 is 5.32 Å². The number of piperazine rings is 1. The summed E-state index contributed by atoms with van der Waals surface area (Å²) in [6, 6.07) is 0.546. The van der Waals surface area contributed by atoms with Crippen molar-refractivity contribution in [1.29, 1.82) is 0 Å². The standard InChI is InChI=1S/C14H30N4O2/c1-16-3-4-17(2)13(11-16)9-15-10-14(19)12-18-5-7-20-8-6-18/h13-15,19H,3-12H2,1-2H3. The van der Waals surface area contributed by atoms with Crippen LogP contribution in [0.5, 0.6) is 0 Å². The quantitative estimate of drug-likeness (QED) is 0.621. The maximum Gasteiger partial charge on any atom is 0.0791 e. The molecule has 0 aromatic rings. The van der Waals surface area contributed by atoms with E-state index in [0.717, 1.165) is 59.0 Å². The molecule has 2 aliphatic rings. The van der Waals surface area contributed by atoms with E-state index in [1.807, 2.05) is 0 Å². The van der Waals surface area contributed by atoms with Crippen LogP contribution in [0.25, 0.3) is 0 Å². The number of ether oxygens (including phenoxy) is 1. The highest BCUT2D eigenvalue weighted by Crippen LogP contribution is 2.04. The van der Waals surface area contributed by atoms with Crippen molar-refractivity contribution in [2.24, 2.45) is 0 Å². The first-order chi connectivity index (χ1) is 9.65. The first-order valence-corrected chi connectivity index (χ1v) is 7.73. The SMILES string of the molecule is CN1CCN(C)C(CNCC(O)CN2CCOCC2)C1. The molecule has 2 saturated heterocycles. The van der Waals surface area contributed by atoms with Gasteiger partial charge in [0.2, 0.25) is 0 Å². The molecule has 0 aromatic carbocycles. The Balaban J connectivity index is 1.59. The number of rotatable bonds is 6. The summed E-state index contributed by atoms with van der Waals surface area (Å²) in [5.41, 5.74) is 0. The van der Waals surface area contributed by atoms with Crippen LogP contribution in [0.1, 0.15) is 0 Å². The monoisotopic (exact) mass is 286 g/mol. The maximum atomic E-state index is 10.1. The van der Waals surface area contributed by atoms with Crippen LogP contribution in [-0.2, 0) is 4.74 Å². The van der Waals surface area contributed by atoms with Crippen molar-refractivity contribution in [2.75, 3.05) is 79.7 Å². The van der Waals surface area contributed by atoms with Crippen LogP contribution in [0.2, 0.25) is 0 Å². The highest BCUT2D eigenvalue weighted by molar-refractivity contribution is 4.81. The van der Waals surface area contributed by atoms with Crippen molar-refractivity contribution in [2.45, 2.75) is 12.1 Å². The normalized spacial score (nSPS) is 28.6. The van der Waals surface area contributed by atoms with Gasteiger partial charge in [-0.05, 0) is 14.1 Å². The first kappa shape index (κ1) is 16.1. The lowest BCUT2D eigenvalue weighted by molar-refractivity contribution is 0.0144. The molecular formula is C14H30N4O2. The summed E-state index contributed by atoms with van der Waals surface area (Å²) >= 11 is 0. The van der Waals surface area contributed by atoms with E-state index < -0.39 is 0 Å². The zero-order chi connectivity index (χ0) is 14.4. The second kappa shape index (κ2) is 8.26. The van der Waals surface area contributed by atoms with Gasteiger partial charge in [0.15, 0.2) is 0 Å². The van der Waals surface area contributed by atoms with E-state index in [-0.39, 0.29) is 6.10 Å². The molecule has 0 saturated carbocycles. The van der Waals surface area contributed by atoms with Crippen LogP contribution >= 0.6 is 0 Å². The Hall–Kier alpha value is -0.240. The number of aliphatic hydroxyl groups excluding tert-OH is 1. The molecule has 118 valence electrons. The molecule has 0 aromatic heterocycles. The van der Waals surface area contributed by atoms with Gasteiger partial charge >= 0.3 is 0 Å². The fraction of sp³-hybridized carbons (Fsp3) is 1.00. The molecule has 2 atom stereocenters. The number of nitrogens with one attached hydrogen (secondary N) is 1. The van der Waals surface area contributed by atoms with Crippen molar-refractivity contribution in [3.05, 3.63) is 0 Å². The van der Waals surface area contributed by atoms with Gasteiger partial charge in [-0.25, -0.2) is 0 Å². The molecule has 2 N–H and O–H groups in total. The molecule has 20 heavy (non-hydrogen) atoms. The Labute approximate surface area is 122 Å². The van der Waals surface area contributed by atoms with Gasteiger partial charge in [-0.2, -0.15) is 0 Å². The molecule has 0 radical (unpaired) electrons. The van der Waals surface area contributed by atoms with Crippen molar-refractivity contribution in [3.8, 4) is 0 Å². The third kappa shape index (κ3) is 5.27. The van der Waals surface area contributed by atoms with E-state index >= 15 is 0 Å². The first-order valence-electron chi connectivity index (χ1n) is 7.73. The minimum atomic E-state index is -0.292. The van der Waals surface area contributed by atoms with Gasteiger partial charge in [0.1, 0.15) is 0 Å². The number of hydrogen-bond donors (Lipinski definition) is 2. The van der Waals surface area contributed by atoms with E-state index in [1.54, 1.807) is 0 Å². The van der Waals surface area contributed by atoms with Crippen molar-refractivity contribution < 1.29 is 9.84 Å². The summed E-state index contributed by atoms with van der Waals surface area (Å²) in [6.45, 7) is 9.19. The van der Waals surface area contributed by atoms with Gasteiger partial charge < -0.3 is 20.1 Å². The van der Waals surface area contributed by atoms with Gasteiger partial charge in [-0.1, -0.05) is 0 Å². The van der Waals surface area contributed by atoms with E-state index in [1.165, 1.54) is 0 Å². The molecule has 6 nitrogen and oxygen atoms in total. The van der Waals surface area contributed by atoms with Gasteiger partial charge in [0.05, 0.1) is 19.3 Å². The number of nitrogens with zero attached hydrogens (tertiary/aromatic N) is 3. The van der Waals surface area contributed by atoms with E-state index in [0.29, 0.717) is 12.6 Å². The van der Waals surface area contributed by atoms with Crippen molar-refractivity contribution in [3.63, 3.8) is 0 Å². The van der Waals surface area contributed by atoms with Gasteiger partial charge in [-0.3, -0.25) is 9.80 Å². The molecular weight excluding hydrogens is 256 g/mol. The zero-order valence-corrected chi connectivity index (χ0v) is 12.9. The highest BCUT2D eigenvalue weighted by atomic mass is 16.5. The fourth-order valence-corrected chi connectivity index (χ4v) is 2.88. The van der Waals surface area contributed by atoms with Gasteiger partial charge in [0, 0.05) is 58.4 Å². The van der Waals surface area contributed by atoms with E-state index in [9.17, 15) is 5.11 Å². The molecule has 0 spiro atoms. The van der Waals surface area contributed by atoms with Crippen molar-refractivity contribution >= 4 is 0 Å². The Morgan fingerprint density at radius 3 is 2.70 bits per heavy atom. The Morgan fingerprint density at radius 2 is 1.95 bits per heavy atom. The summed E-state index contributed by atoms with van der Waals surface area (Å²) in [5, 5.41) is 13.5. The van der Waals surface area contributed by atoms with Crippen LogP contribution in [-0.4, -0.2) is 112 Å².